The van der Waals surface area contributed by atoms with Crippen LogP contribution in [0.25, 0.3) is 5.69 Å². The highest BCUT2D eigenvalue weighted by Crippen LogP contribution is 2.24. The van der Waals surface area contributed by atoms with Crippen molar-refractivity contribution in [1.29, 1.82) is 0 Å². The monoisotopic (exact) mass is 389 g/mol. The van der Waals surface area contributed by atoms with Gasteiger partial charge in [0, 0.05) is 22.8 Å². The standard InChI is InChI=1S/C20H24ClN3O3/c1-12-7-8-15(10-17(12)21)24-14(3)16(13(2)22-24)11-19(25)23-9-5-4-6-18(23)20(26)27/h7-8,10,18H,4-6,9,11H2,1-3H3,(H,26,27)/t18-/m0/s1. The van der Waals surface area contributed by atoms with E-state index in [0.717, 1.165) is 41.0 Å². The maximum atomic E-state index is 12.8. The van der Waals surface area contributed by atoms with Crippen LogP contribution in [0, 0.1) is 20.8 Å². The van der Waals surface area contributed by atoms with Gasteiger partial charge in [-0.2, -0.15) is 5.10 Å². The van der Waals surface area contributed by atoms with E-state index in [-0.39, 0.29) is 12.3 Å². The molecule has 1 atom stereocenters. The minimum atomic E-state index is -0.929. The minimum Gasteiger partial charge on any atom is -0.480 e. The molecular formula is C20H24ClN3O3. The van der Waals surface area contributed by atoms with E-state index in [9.17, 15) is 14.7 Å². The highest BCUT2D eigenvalue weighted by atomic mass is 35.5. The molecule has 3 rings (SSSR count). The van der Waals surface area contributed by atoms with Crippen molar-refractivity contribution in [2.75, 3.05) is 6.54 Å². The number of hydrogen-bond donors (Lipinski definition) is 1. The molecule has 0 radical (unpaired) electrons. The molecule has 2 aromatic rings. The number of piperidine rings is 1. The number of carbonyl (C=O) groups is 2. The average Bonchev–Trinajstić information content (AvgIpc) is 2.92. The van der Waals surface area contributed by atoms with Crippen LogP contribution in [0.15, 0.2) is 18.2 Å². The van der Waals surface area contributed by atoms with Crippen LogP contribution < -0.4 is 0 Å². The minimum absolute atomic E-state index is 0.154. The van der Waals surface area contributed by atoms with Crippen molar-refractivity contribution in [3.05, 3.63) is 45.7 Å². The zero-order valence-corrected chi connectivity index (χ0v) is 16.6. The molecule has 1 aromatic carbocycles. The van der Waals surface area contributed by atoms with Gasteiger partial charge < -0.3 is 10.0 Å². The van der Waals surface area contributed by atoms with Crippen molar-refractivity contribution in [1.82, 2.24) is 14.7 Å². The Labute approximate surface area is 163 Å². The predicted molar refractivity (Wildman–Crippen MR) is 103 cm³/mol. The lowest BCUT2D eigenvalue weighted by Gasteiger charge is -2.33. The molecule has 0 spiro atoms. The Balaban J connectivity index is 1.87. The lowest BCUT2D eigenvalue weighted by Crippen LogP contribution is -2.48. The summed E-state index contributed by atoms with van der Waals surface area (Å²) in [5, 5.41) is 14.6. The van der Waals surface area contributed by atoms with Crippen LogP contribution in [0.1, 0.15) is 41.8 Å². The van der Waals surface area contributed by atoms with Gasteiger partial charge in [-0.15, -0.1) is 0 Å². The van der Waals surface area contributed by atoms with Crippen LogP contribution in [-0.4, -0.2) is 44.3 Å². The third-order valence-corrected chi connectivity index (χ3v) is 5.68. The molecule has 1 saturated heterocycles. The number of carboxylic acids is 1. The fourth-order valence-corrected chi connectivity index (χ4v) is 3.81. The Morgan fingerprint density at radius 3 is 2.67 bits per heavy atom. The Bertz CT molecular complexity index is 891. The molecule has 1 aliphatic heterocycles. The summed E-state index contributed by atoms with van der Waals surface area (Å²) < 4.78 is 1.79. The molecular weight excluding hydrogens is 366 g/mol. The summed E-state index contributed by atoms with van der Waals surface area (Å²) in [6.45, 7) is 6.22. The van der Waals surface area contributed by atoms with Crippen molar-refractivity contribution < 1.29 is 14.7 Å². The van der Waals surface area contributed by atoms with Gasteiger partial charge in [0.2, 0.25) is 5.91 Å². The summed E-state index contributed by atoms with van der Waals surface area (Å²) in [7, 11) is 0. The van der Waals surface area contributed by atoms with Crippen molar-refractivity contribution >= 4 is 23.5 Å². The third-order valence-electron chi connectivity index (χ3n) is 5.28. The van der Waals surface area contributed by atoms with Crippen LogP contribution in [0.5, 0.6) is 0 Å². The molecule has 0 unspecified atom stereocenters. The number of nitrogens with zero attached hydrogens (tertiary/aromatic N) is 3. The second kappa shape index (κ2) is 7.72. The molecule has 6 nitrogen and oxygen atoms in total. The first-order chi connectivity index (χ1) is 12.8. The summed E-state index contributed by atoms with van der Waals surface area (Å²) >= 11 is 6.24. The summed E-state index contributed by atoms with van der Waals surface area (Å²) in [6.07, 6.45) is 2.35. The van der Waals surface area contributed by atoms with Gasteiger partial charge in [-0.25, -0.2) is 9.48 Å². The number of rotatable bonds is 4. The predicted octanol–water partition coefficient (Wildman–Crippen LogP) is 3.46. The summed E-state index contributed by atoms with van der Waals surface area (Å²) in [5.41, 5.74) is 4.30. The van der Waals surface area contributed by atoms with E-state index < -0.39 is 12.0 Å². The maximum Gasteiger partial charge on any atom is 0.326 e. The van der Waals surface area contributed by atoms with Gasteiger partial charge >= 0.3 is 5.97 Å². The largest absolute Gasteiger partial charge is 0.480 e. The van der Waals surface area contributed by atoms with Crippen molar-refractivity contribution in [2.45, 2.75) is 52.5 Å². The topological polar surface area (TPSA) is 75.4 Å². The van der Waals surface area contributed by atoms with Gasteiger partial charge in [-0.3, -0.25) is 4.79 Å². The van der Waals surface area contributed by atoms with Gasteiger partial charge in [0.15, 0.2) is 0 Å². The van der Waals surface area contributed by atoms with E-state index in [1.165, 1.54) is 4.90 Å². The smallest absolute Gasteiger partial charge is 0.326 e. The fourth-order valence-electron chi connectivity index (χ4n) is 3.64. The van der Waals surface area contributed by atoms with Gasteiger partial charge in [0.05, 0.1) is 17.8 Å². The van der Waals surface area contributed by atoms with Gasteiger partial charge in [0.1, 0.15) is 6.04 Å². The van der Waals surface area contributed by atoms with E-state index in [4.69, 9.17) is 11.6 Å². The van der Waals surface area contributed by atoms with E-state index in [0.29, 0.717) is 18.0 Å². The van der Waals surface area contributed by atoms with Gasteiger partial charge in [-0.05, 0) is 57.7 Å². The normalized spacial score (nSPS) is 17.2. The second-order valence-electron chi connectivity index (χ2n) is 7.11. The maximum absolute atomic E-state index is 12.8. The SMILES string of the molecule is Cc1ccc(-n2nc(C)c(CC(=O)N3CCCC[C@H]3C(=O)O)c2C)cc1Cl. The molecule has 144 valence electrons. The van der Waals surface area contributed by atoms with Gasteiger partial charge in [0.25, 0.3) is 0 Å². The van der Waals surface area contributed by atoms with Crippen LogP contribution in [0.2, 0.25) is 5.02 Å². The van der Waals surface area contributed by atoms with Crippen LogP contribution in [-0.2, 0) is 16.0 Å². The first-order valence-corrected chi connectivity index (χ1v) is 9.51. The highest BCUT2D eigenvalue weighted by Gasteiger charge is 2.32. The molecule has 27 heavy (non-hydrogen) atoms. The second-order valence-corrected chi connectivity index (χ2v) is 7.52. The molecule has 1 aromatic heterocycles. The number of likely N-dealkylation sites (tertiary alicyclic amines) is 1. The molecule has 0 bridgehead atoms. The van der Waals surface area contributed by atoms with Crippen molar-refractivity contribution in [3.8, 4) is 5.69 Å². The molecule has 7 heteroatoms. The average molecular weight is 390 g/mol. The zero-order chi connectivity index (χ0) is 19.7. The van der Waals surface area contributed by atoms with Crippen molar-refractivity contribution in [3.63, 3.8) is 0 Å². The lowest BCUT2D eigenvalue weighted by molar-refractivity contribution is -0.151. The molecule has 2 heterocycles. The summed E-state index contributed by atoms with van der Waals surface area (Å²) in [6, 6.07) is 5.01. The Kier molecular flexibility index (Phi) is 5.56. The van der Waals surface area contributed by atoms with E-state index in [1.54, 1.807) is 4.68 Å². The number of aromatic nitrogens is 2. The number of halogens is 1. The number of aliphatic carboxylic acids is 1. The number of carbonyl (C=O) groups excluding carboxylic acids is 1. The van der Waals surface area contributed by atoms with Gasteiger partial charge in [-0.1, -0.05) is 17.7 Å². The third kappa shape index (κ3) is 3.86. The summed E-state index contributed by atoms with van der Waals surface area (Å²) in [5.74, 6) is -1.09. The van der Waals surface area contributed by atoms with E-state index >= 15 is 0 Å². The Morgan fingerprint density at radius 1 is 1.26 bits per heavy atom. The Hall–Kier alpha value is -2.34. The van der Waals surface area contributed by atoms with E-state index in [1.807, 2.05) is 39.0 Å². The first-order valence-electron chi connectivity index (χ1n) is 9.13. The summed E-state index contributed by atoms with van der Waals surface area (Å²) in [4.78, 5) is 25.8. The molecule has 1 N–H and O–H groups in total. The highest BCUT2D eigenvalue weighted by molar-refractivity contribution is 6.31. The quantitative estimate of drug-likeness (QED) is 0.868. The van der Waals surface area contributed by atoms with E-state index in [2.05, 4.69) is 5.10 Å². The van der Waals surface area contributed by atoms with Crippen LogP contribution in [0.4, 0.5) is 0 Å². The number of aryl methyl sites for hydroxylation is 2. The molecule has 1 amide bonds. The number of hydrogen-bond acceptors (Lipinski definition) is 3. The fraction of sp³-hybridized carbons (Fsp3) is 0.450. The number of carboxylic acid groups (broad SMARTS) is 1. The van der Waals surface area contributed by atoms with Crippen molar-refractivity contribution in [2.24, 2.45) is 0 Å². The lowest BCUT2D eigenvalue weighted by atomic mass is 10.0. The molecule has 1 fully saturated rings. The number of amides is 1. The van der Waals surface area contributed by atoms with Crippen LogP contribution >= 0.6 is 11.6 Å². The Morgan fingerprint density at radius 2 is 2.00 bits per heavy atom. The molecule has 1 aliphatic rings. The van der Waals surface area contributed by atoms with Crippen LogP contribution in [0.3, 0.4) is 0 Å². The molecule has 0 aliphatic carbocycles. The first kappa shape index (κ1) is 19.4. The number of benzene rings is 1. The zero-order valence-electron chi connectivity index (χ0n) is 15.8. The molecule has 0 saturated carbocycles.